The van der Waals surface area contributed by atoms with Crippen LogP contribution in [0.15, 0.2) is 9.52 Å². The molecule has 1 fully saturated rings. The van der Waals surface area contributed by atoms with Crippen LogP contribution in [0.2, 0.25) is 0 Å². The van der Waals surface area contributed by atoms with Gasteiger partial charge in [-0.2, -0.15) is 4.98 Å². The summed E-state index contributed by atoms with van der Waals surface area (Å²) in [5.41, 5.74) is 0. The number of rotatable bonds is 8. The zero-order chi connectivity index (χ0) is 18.1. The minimum atomic E-state index is -0.702. The van der Waals surface area contributed by atoms with Gasteiger partial charge in [-0.05, 0) is 39.5 Å². The van der Waals surface area contributed by atoms with E-state index in [1.165, 1.54) is 0 Å². The quantitative estimate of drug-likeness (QED) is 0.248. The number of hydrogen-bond acceptors (Lipinski definition) is 5. The standard InChI is InChI=1S/C17H31N5O2S.HI/c1-4-18-17(19-11-7-10-16-20-13(3)22-24-16)21-14-8-6-9-15(12-14)25(23)5-2;/h14-15H,4-12H2,1-3H3,(H2,18,19,21);1H. The number of aliphatic imine (C=N–C) groups is 1. The molecule has 7 nitrogen and oxygen atoms in total. The van der Waals surface area contributed by atoms with Gasteiger partial charge >= 0.3 is 0 Å². The Kier molecular flexibility index (Phi) is 11.3. The fourth-order valence-corrected chi connectivity index (χ4v) is 4.47. The molecule has 26 heavy (non-hydrogen) atoms. The maximum atomic E-state index is 12.1. The summed E-state index contributed by atoms with van der Waals surface area (Å²) in [4.78, 5) is 8.85. The highest BCUT2D eigenvalue weighted by Gasteiger charge is 2.25. The van der Waals surface area contributed by atoms with Crippen LogP contribution in [-0.4, -0.2) is 50.4 Å². The maximum absolute atomic E-state index is 12.1. The predicted octanol–water partition coefficient (Wildman–Crippen LogP) is 2.56. The summed E-state index contributed by atoms with van der Waals surface area (Å²) in [6.45, 7) is 7.42. The van der Waals surface area contributed by atoms with Crippen molar-refractivity contribution in [1.82, 2.24) is 20.8 Å². The molecule has 1 aliphatic rings. The molecule has 9 heteroatoms. The second kappa shape index (κ2) is 12.6. The number of nitrogens with one attached hydrogen (secondary N) is 2. The Hall–Kier alpha value is -0.710. The van der Waals surface area contributed by atoms with Gasteiger partial charge in [0.2, 0.25) is 5.89 Å². The van der Waals surface area contributed by atoms with E-state index in [2.05, 4.69) is 32.7 Å². The van der Waals surface area contributed by atoms with Crippen LogP contribution in [0.4, 0.5) is 0 Å². The fourth-order valence-electron chi connectivity index (χ4n) is 3.13. The summed E-state index contributed by atoms with van der Waals surface area (Å²) in [7, 11) is -0.702. The van der Waals surface area contributed by atoms with Gasteiger partial charge in [-0.25, -0.2) is 0 Å². The molecule has 1 saturated carbocycles. The normalized spacial score (nSPS) is 21.7. The van der Waals surface area contributed by atoms with Gasteiger partial charge in [-0.1, -0.05) is 18.5 Å². The van der Waals surface area contributed by atoms with E-state index in [1.54, 1.807) is 0 Å². The first-order chi connectivity index (χ1) is 12.1. The number of aromatic nitrogens is 2. The van der Waals surface area contributed by atoms with Gasteiger partial charge in [0.1, 0.15) is 0 Å². The van der Waals surface area contributed by atoms with Gasteiger partial charge in [0.05, 0.1) is 0 Å². The Morgan fingerprint density at radius 3 is 2.85 bits per heavy atom. The first-order valence-electron chi connectivity index (χ1n) is 9.33. The van der Waals surface area contributed by atoms with Crippen LogP contribution in [-0.2, 0) is 17.2 Å². The monoisotopic (exact) mass is 497 g/mol. The van der Waals surface area contributed by atoms with Crippen molar-refractivity contribution in [3.8, 4) is 0 Å². The molecule has 1 heterocycles. The average molecular weight is 497 g/mol. The number of hydrogen-bond donors (Lipinski definition) is 2. The Morgan fingerprint density at radius 2 is 2.19 bits per heavy atom. The average Bonchev–Trinajstić information content (AvgIpc) is 3.03. The minimum absolute atomic E-state index is 0. The van der Waals surface area contributed by atoms with Crippen molar-refractivity contribution >= 4 is 40.7 Å². The lowest BCUT2D eigenvalue weighted by Gasteiger charge is -2.30. The molecular weight excluding hydrogens is 465 g/mol. The van der Waals surface area contributed by atoms with Crippen molar-refractivity contribution < 1.29 is 8.73 Å². The summed E-state index contributed by atoms with van der Waals surface area (Å²) in [5.74, 6) is 2.94. The van der Waals surface area contributed by atoms with Crippen molar-refractivity contribution in [1.29, 1.82) is 0 Å². The molecule has 0 amide bonds. The number of aryl methyl sites for hydroxylation is 2. The van der Waals surface area contributed by atoms with Gasteiger partial charge in [0.25, 0.3) is 0 Å². The largest absolute Gasteiger partial charge is 0.357 e. The summed E-state index contributed by atoms with van der Waals surface area (Å²) < 4.78 is 17.2. The van der Waals surface area contributed by atoms with E-state index >= 15 is 0 Å². The summed E-state index contributed by atoms with van der Waals surface area (Å²) >= 11 is 0. The van der Waals surface area contributed by atoms with Gasteiger partial charge < -0.3 is 15.2 Å². The highest BCUT2D eigenvalue weighted by molar-refractivity contribution is 14.0. The van der Waals surface area contributed by atoms with E-state index in [1.807, 2.05) is 13.8 Å². The van der Waals surface area contributed by atoms with E-state index in [-0.39, 0.29) is 24.0 Å². The molecule has 150 valence electrons. The molecular formula is C17H32IN5O2S. The molecule has 2 rings (SSSR count). The van der Waals surface area contributed by atoms with Gasteiger partial charge in [-0.3, -0.25) is 9.20 Å². The summed E-state index contributed by atoms with van der Waals surface area (Å²) in [6, 6.07) is 0.352. The highest BCUT2D eigenvalue weighted by atomic mass is 127. The van der Waals surface area contributed by atoms with Crippen LogP contribution in [0.3, 0.4) is 0 Å². The first kappa shape index (κ1) is 23.3. The zero-order valence-corrected chi connectivity index (χ0v) is 19.1. The third-order valence-corrected chi connectivity index (χ3v) is 6.10. The minimum Gasteiger partial charge on any atom is -0.357 e. The third kappa shape index (κ3) is 7.89. The van der Waals surface area contributed by atoms with E-state index in [4.69, 9.17) is 4.52 Å². The number of nitrogens with zero attached hydrogens (tertiary/aromatic N) is 3. The van der Waals surface area contributed by atoms with Crippen molar-refractivity contribution in [3.63, 3.8) is 0 Å². The molecule has 3 atom stereocenters. The van der Waals surface area contributed by atoms with Crippen LogP contribution in [0.25, 0.3) is 0 Å². The summed E-state index contributed by atoms with van der Waals surface area (Å²) in [5, 5.41) is 10.9. The molecule has 1 aromatic heterocycles. The highest BCUT2D eigenvalue weighted by Crippen LogP contribution is 2.22. The Morgan fingerprint density at radius 1 is 1.38 bits per heavy atom. The van der Waals surface area contributed by atoms with Crippen LogP contribution in [0.5, 0.6) is 0 Å². The van der Waals surface area contributed by atoms with Gasteiger partial charge in [-0.15, -0.1) is 24.0 Å². The van der Waals surface area contributed by atoms with E-state index in [9.17, 15) is 4.21 Å². The topological polar surface area (TPSA) is 92.4 Å². The third-order valence-electron chi connectivity index (χ3n) is 4.36. The lowest BCUT2D eigenvalue weighted by Crippen LogP contribution is -2.46. The molecule has 2 N–H and O–H groups in total. The molecule has 0 aromatic carbocycles. The molecule has 0 aliphatic heterocycles. The Bertz CT molecular complexity index is 581. The van der Waals surface area contributed by atoms with Crippen LogP contribution in [0.1, 0.15) is 57.7 Å². The fraction of sp³-hybridized carbons (Fsp3) is 0.824. The Balaban J connectivity index is 0.00000338. The van der Waals surface area contributed by atoms with Gasteiger partial charge in [0, 0.05) is 47.4 Å². The SMILES string of the molecule is CCNC(=NCCCc1nc(C)no1)NC1CCCC(S(=O)CC)C1.I. The molecule has 0 bridgehead atoms. The van der Waals surface area contributed by atoms with Crippen molar-refractivity contribution in [2.45, 2.75) is 70.6 Å². The lowest BCUT2D eigenvalue weighted by molar-refractivity contribution is 0.372. The number of guanidine groups is 1. The zero-order valence-electron chi connectivity index (χ0n) is 16.0. The number of halogens is 1. The van der Waals surface area contributed by atoms with Crippen LogP contribution < -0.4 is 10.6 Å². The van der Waals surface area contributed by atoms with Crippen molar-refractivity contribution in [3.05, 3.63) is 11.7 Å². The summed E-state index contributed by atoms with van der Waals surface area (Å²) in [6.07, 6.45) is 5.89. The smallest absolute Gasteiger partial charge is 0.226 e. The second-order valence-corrected chi connectivity index (χ2v) is 8.40. The van der Waals surface area contributed by atoms with Gasteiger partial charge in [0.15, 0.2) is 11.8 Å². The first-order valence-corrected chi connectivity index (χ1v) is 10.7. The molecule has 1 aliphatic carbocycles. The van der Waals surface area contributed by atoms with Crippen LogP contribution in [0, 0.1) is 6.92 Å². The molecule has 3 unspecified atom stereocenters. The predicted molar refractivity (Wildman–Crippen MR) is 117 cm³/mol. The van der Waals surface area contributed by atoms with Crippen molar-refractivity contribution in [2.24, 2.45) is 4.99 Å². The second-order valence-electron chi connectivity index (χ2n) is 6.40. The Labute approximate surface area is 176 Å². The molecule has 0 saturated heterocycles. The van der Waals surface area contributed by atoms with E-state index < -0.39 is 10.8 Å². The van der Waals surface area contributed by atoms with E-state index in [0.29, 0.717) is 29.6 Å². The molecule has 0 radical (unpaired) electrons. The van der Waals surface area contributed by atoms with Crippen LogP contribution >= 0.6 is 24.0 Å². The molecule has 0 spiro atoms. The maximum Gasteiger partial charge on any atom is 0.226 e. The van der Waals surface area contributed by atoms with E-state index in [0.717, 1.165) is 56.8 Å². The van der Waals surface area contributed by atoms with Crippen molar-refractivity contribution in [2.75, 3.05) is 18.8 Å². The lowest BCUT2D eigenvalue weighted by atomic mass is 9.95. The molecule has 1 aromatic rings.